The molecule has 3 aromatic heterocycles. The lowest BCUT2D eigenvalue weighted by Gasteiger charge is -2.07. The SMILES string of the molecule is Cc1ccc2nc(CCl)n(-c3ccc4ncsc4c3)c2n1. The van der Waals surface area contributed by atoms with E-state index in [2.05, 4.69) is 21.0 Å². The van der Waals surface area contributed by atoms with Gasteiger partial charge in [-0.05, 0) is 37.3 Å². The van der Waals surface area contributed by atoms with E-state index in [1.807, 2.05) is 41.3 Å². The molecular formula is C15H11ClN4S. The highest BCUT2D eigenvalue weighted by Gasteiger charge is 2.13. The maximum Gasteiger partial charge on any atom is 0.164 e. The summed E-state index contributed by atoms with van der Waals surface area (Å²) in [5.74, 6) is 1.14. The summed E-state index contributed by atoms with van der Waals surface area (Å²) >= 11 is 7.69. The van der Waals surface area contributed by atoms with Crippen LogP contribution in [0.1, 0.15) is 11.5 Å². The van der Waals surface area contributed by atoms with Gasteiger partial charge in [-0.1, -0.05) is 0 Å². The van der Waals surface area contributed by atoms with Gasteiger partial charge in [0.1, 0.15) is 11.3 Å². The summed E-state index contributed by atoms with van der Waals surface area (Å²) in [5, 5.41) is 0. The highest BCUT2D eigenvalue weighted by atomic mass is 35.5. The Morgan fingerprint density at radius 3 is 2.86 bits per heavy atom. The zero-order valence-electron chi connectivity index (χ0n) is 11.2. The molecule has 0 spiro atoms. The Bertz CT molecular complexity index is 957. The van der Waals surface area contributed by atoms with Crippen LogP contribution in [-0.4, -0.2) is 19.5 Å². The first-order valence-corrected chi connectivity index (χ1v) is 7.92. The van der Waals surface area contributed by atoms with Crippen LogP contribution >= 0.6 is 22.9 Å². The van der Waals surface area contributed by atoms with Gasteiger partial charge in [0.05, 0.1) is 27.3 Å². The normalized spacial score (nSPS) is 11.5. The van der Waals surface area contributed by atoms with E-state index in [9.17, 15) is 0 Å². The van der Waals surface area contributed by atoms with Gasteiger partial charge in [0, 0.05) is 5.69 Å². The van der Waals surface area contributed by atoms with Crippen molar-refractivity contribution >= 4 is 44.3 Å². The number of aryl methyl sites for hydroxylation is 1. The first kappa shape index (κ1) is 12.7. The van der Waals surface area contributed by atoms with Gasteiger partial charge >= 0.3 is 0 Å². The summed E-state index contributed by atoms with van der Waals surface area (Å²) in [6, 6.07) is 10.1. The maximum absolute atomic E-state index is 6.07. The lowest BCUT2D eigenvalue weighted by Crippen LogP contribution is -2.00. The average molecular weight is 315 g/mol. The Hall–Kier alpha value is -1.98. The molecule has 0 saturated heterocycles. The van der Waals surface area contributed by atoms with E-state index in [-0.39, 0.29) is 0 Å². The number of imidazole rings is 1. The molecule has 6 heteroatoms. The molecule has 0 saturated carbocycles. The van der Waals surface area contributed by atoms with Crippen LogP contribution < -0.4 is 0 Å². The van der Waals surface area contributed by atoms with E-state index in [0.29, 0.717) is 5.88 Å². The number of pyridine rings is 1. The Balaban J connectivity index is 2.05. The second-order valence-electron chi connectivity index (χ2n) is 4.80. The standard InChI is InChI=1S/C15H11ClN4S/c1-9-2-4-12-15(18-9)20(14(7-16)19-12)10-3-5-11-13(6-10)21-8-17-11/h2-6,8H,7H2,1H3. The first-order chi connectivity index (χ1) is 10.3. The van der Waals surface area contributed by atoms with Crippen LogP contribution in [0.3, 0.4) is 0 Å². The van der Waals surface area contributed by atoms with Gasteiger partial charge in [-0.25, -0.2) is 15.0 Å². The fraction of sp³-hybridized carbons (Fsp3) is 0.133. The molecule has 3 heterocycles. The molecule has 4 rings (SSSR count). The second-order valence-corrected chi connectivity index (χ2v) is 5.95. The van der Waals surface area contributed by atoms with Crippen molar-refractivity contribution in [2.24, 2.45) is 0 Å². The number of aromatic nitrogens is 4. The summed E-state index contributed by atoms with van der Waals surface area (Å²) < 4.78 is 3.16. The molecule has 0 bridgehead atoms. The lowest BCUT2D eigenvalue weighted by molar-refractivity contribution is 0.968. The van der Waals surface area contributed by atoms with Crippen molar-refractivity contribution in [1.82, 2.24) is 19.5 Å². The van der Waals surface area contributed by atoms with Gasteiger partial charge in [0.2, 0.25) is 0 Å². The molecule has 104 valence electrons. The van der Waals surface area contributed by atoms with Gasteiger partial charge in [-0.15, -0.1) is 22.9 Å². The molecule has 0 aliphatic rings. The van der Waals surface area contributed by atoms with Crippen molar-refractivity contribution in [3.63, 3.8) is 0 Å². The minimum absolute atomic E-state index is 0.343. The molecule has 4 nitrogen and oxygen atoms in total. The predicted octanol–water partition coefficient (Wildman–Crippen LogP) is 4.08. The van der Waals surface area contributed by atoms with Crippen LogP contribution in [0.5, 0.6) is 0 Å². The van der Waals surface area contributed by atoms with E-state index >= 15 is 0 Å². The summed E-state index contributed by atoms with van der Waals surface area (Å²) in [5.41, 5.74) is 6.54. The number of rotatable bonds is 2. The fourth-order valence-corrected chi connectivity index (χ4v) is 3.33. The number of hydrogen-bond donors (Lipinski definition) is 0. The van der Waals surface area contributed by atoms with Gasteiger partial charge in [-0.2, -0.15) is 0 Å². The number of halogens is 1. The number of hydrogen-bond acceptors (Lipinski definition) is 4. The molecule has 0 radical (unpaired) electrons. The molecule has 0 unspecified atom stereocenters. The summed E-state index contributed by atoms with van der Waals surface area (Å²) in [7, 11) is 0. The van der Waals surface area contributed by atoms with E-state index in [1.54, 1.807) is 11.3 Å². The van der Waals surface area contributed by atoms with Crippen molar-refractivity contribution in [3.05, 3.63) is 47.4 Å². The topological polar surface area (TPSA) is 43.6 Å². The average Bonchev–Trinajstić information content (AvgIpc) is 3.09. The summed E-state index contributed by atoms with van der Waals surface area (Å²) in [4.78, 5) is 13.5. The van der Waals surface area contributed by atoms with Gasteiger partial charge in [-0.3, -0.25) is 4.57 Å². The number of fused-ring (bicyclic) bond motifs is 2. The van der Waals surface area contributed by atoms with Crippen LogP contribution in [0, 0.1) is 6.92 Å². The van der Waals surface area contributed by atoms with Crippen molar-refractivity contribution in [2.75, 3.05) is 0 Å². The maximum atomic E-state index is 6.07. The molecule has 21 heavy (non-hydrogen) atoms. The van der Waals surface area contributed by atoms with Crippen LogP contribution in [-0.2, 0) is 5.88 Å². The Kier molecular flexibility index (Phi) is 2.90. The fourth-order valence-electron chi connectivity index (χ4n) is 2.44. The lowest BCUT2D eigenvalue weighted by atomic mass is 10.3. The third-order valence-electron chi connectivity index (χ3n) is 3.41. The van der Waals surface area contributed by atoms with E-state index in [4.69, 9.17) is 11.6 Å². The van der Waals surface area contributed by atoms with Gasteiger partial charge in [0.15, 0.2) is 5.65 Å². The molecule has 0 atom stereocenters. The minimum Gasteiger partial charge on any atom is -0.280 e. The highest BCUT2D eigenvalue weighted by molar-refractivity contribution is 7.16. The second kappa shape index (κ2) is 4.79. The zero-order valence-corrected chi connectivity index (χ0v) is 12.8. The molecule has 0 aliphatic carbocycles. The van der Waals surface area contributed by atoms with Gasteiger partial charge in [0.25, 0.3) is 0 Å². The number of alkyl halides is 1. The Morgan fingerprint density at radius 2 is 2.00 bits per heavy atom. The Morgan fingerprint density at radius 1 is 1.14 bits per heavy atom. The predicted molar refractivity (Wildman–Crippen MR) is 86.3 cm³/mol. The molecule has 1 aromatic carbocycles. The van der Waals surface area contributed by atoms with Crippen LogP contribution in [0.4, 0.5) is 0 Å². The van der Waals surface area contributed by atoms with Crippen molar-refractivity contribution in [3.8, 4) is 5.69 Å². The largest absolute Gasteiger partial charge is 0.280 e. The van der Waals surface area contributed by atoms with Crippen LogP contribution in [0.25, 0.3) is 27.1 Å². The summed E-state index contributed by atoms with van der Waals surface area (Å²) in [6.45, 7) is 1.98. The zero-order chi connectivity index (χ0) is 14.4. The first-order valence-electron chi connectivity index (χ1n) is 6.51. The van der Waals surface area contributed by atoms with E-state index in [1.165, 1.54) is 0 Å². The summed E-state index contributed by atoms with van der Waals surface area (Å²) in [6.07, 6.45) is 0. The third kappa shape index (κ3) is 2.01. The van der Waals surface area contributed by atoms with Crippen LogP contribution in [0.15, 0.2) is 35.8 Å². The van der Waals surface area contributed by atoms with Crippen molar-refractivity contribution < 1.29 is 0 Å². The van der Waals surface area contributed by atoms with E-state index in [0.717, 1.165) is 38.6 Å². The molecule has 0 fully saturated rings. The smallest absolute Gasteiger partial charge is 0.164 e. The number of nitrogens with zero attached hydrogens (tertiary/aromatic N) is 4. The monoisotopic (exact) mass is 314 g/mol. The molecule has 4 aromatic rings. The molecular weight excluding hydrogens is 304 g/mol. The van der Waals surface area contributed by atoms with Gasteiger partial charge < -0.3 is 0 Å². The number of thiazole rings is 1. The molecule has 0 aliphatic heterocycles. The third-order valence-corrected chi connectivity index (χ3v) is 4.44. The van der Waals surface area contributed by atoms with Crippen molar-refractivity contribution in [2.45, 2.75) is 12.8 Å². The quantitative estimate of drug-likeness (QED) is 0.524. The molecule has 0 N–H and O–H groups in total. The van der Waals surface area contributed by atoms with Crippen molar-refractivity contribution in [1.29, 1.82) is 0 Å². The van der Waals surface area contributed by atoms with E-state index < -0.39 is 0 Å². The van der Waals surface area contributed by atoms with Crippen LogP contribution in [0.2, 0.25) is 0 Å². The number of benzene rings is 1. The Labute approximate surface area is 130 Å². The highest BCUT2D eigenvalue weighted by Crippen LogP contribution is 2.26. The molecule has 0 amide bonds. The minimum atomic E-state index is 0.343.